The van der Waals surface area contributed by atoms with Gasteiger partial charge in [-0.15, -0.1) is 0 Å². The van der Waals surface area contributed by atoms with Gasteiger partial charge in [0.25, 0.3) is 0 Å². The molecular formula is C12H17F. The van der Waals surface area contributed by atoms with Crippen LogP contribution in [0.15, 0.2) is 24.3 Å². The minimum absolute atomic E-state index is 0.256. The summed E-state index contributed by atoms with van der Waals surface area (Å²) in [5, 5.41) is 0. The molecule has 1 rings (SSSR count). The second-order valence-electron chi connectivity index (χ2n) is 3.36. The van der Waals surface area contributed by atoms with Crippen LogP contribution in [0.5, 0.6) is 0 Å². The first-order chi connectivity index (χ1) is 6.36. The van der Waals surface area contributed by atoms with E-state index in [9.17, 15) is 4.39 Å². The zero-order valence-electron chi connectivity index (χ0n) is 8.22. The van der Waals surface area contributed by atoms with Crippen molar-refractivity contribution in [2.75, 3.05) is 6.67 Å². The van der Waals surface area contributed by atoms with Gasteiger partial charge in [-0.05, 0) is 24.0 Å². The summed E-state index contributed by atoms with van der Waals surface area (Å²) in [7, 11) is 0. The van der Waals surface area contributed by atoms with Crippen LogP contribution < -0.4 is 0 Å². The molecule has 0 amide bonds. The predicted octanol–water partition coefficient (Wildman–Crippen LogP) is 3.54. The molecule has 0 aliphatic heterocycles. The number of rotatable bonds is 5. The van der Waals surface area contributed by atoms with Gasteiger partial charge in [0, 0.05) is 6.42 Å². The molecule has 0 bridgehead atoms. The first-order valence-corrected chi connectivity index (χ1v) is 5.00. The summed E-state index contributed by atoms with van der Waals surface area (Å²) in [5.41, 5.74) is 2.47. The van der Waals surface area contributed by atoms with Crippen molar-refractivity contribution in [1.29, 1.82) is 0 Å². The molecule has 0 fully saturated rings. The van der Waals surface area contributed by atoms with Crippen LogP contribution in [0.25, 0.3) is 0 Å². The lowest BCUT2D eigenvalue weighted by molar-refractivity contribution is 0.495. The standard InChI is InChI=1S/C12H17F/c1-2-3-4-11-5-7-12(8-6-11)9-10-13/h5-8H,2-4,9-10H2,1H3. The first kappa shape index (κ1) is 10.2. The van der Waals surface area contributed by atoms with E-state index in [-0.39, 0.29) is 6.67 Å². The monoisotopic (exact) mass is 180 g/mol. The van der Waals surface area contributed by atoms with Crippen LogP contribution in [-0.2, 0) is 12.8 Å². The Morgan fingerprint density at radius 1 is 1.00 bits per heavy atom. The highest BCUT2D eigenvalue weighted by Gasteiger charge is 1.94. The van der Waals surface area contributed by atoms with E-state index >= 15 is 0 Å². The average Bonchev–Trinajstić information content (AvgIpc) is 2.17. The lowest BCUT2D eigenvalue weighted by Crippen LogP contribution is -1.88. The van der Waals surface area contributed by atoms with Crippen LogP contribution in [0.1, 0.15) is 30.9 Å². The Kier molecular flexibility index (Phi) is 4.52. The van der Waals surface area contributed by atoms with E-state index in [2.05, 4.69) is 19.1 Å². The second kappa shape index (κ2) is 5.74. The smallest absolute Gasteiger partial charge is 0.0934 e. The molecule has 0 atom stereocenters. The van der Waals surface area contributed by atoms with Gasteiger partial charge in [-0.25, -0.2) is 0 Å². The average molecular weight is 180 g/mol. The van der Waals surface area contributed by atoms with Crippen molar-refractivity contribution in [3.8, 4) is 0 Å². The minimum Gasteiger partial charge on any atom is -0.251 e. The van der Waals surface area contributed by atoms with Crippen molar-refractivity contribution in [2.24, 2.45) is 0 Å². The van der Waals surface area contributed by atoms with Gasteiger partial charge >= 0.3 is 0 Å². The molecule has 0 unspecified atom stereocenters. The van der Waals surface area contributed by atoms with Crippen LogP contribution >= 0.6 is 0 Å². The normalized spacial score (nSPS) is 10.3. The lowest BCUT2D eigenvalue weighted by atomic mass is 10.1. The third kappa shape index (κ3) is 3.58. The predicted molar refractivity (Wildman–Crippen MR) is 54.7 cm³/mol. The molecule has 0 heterocycles. The minimum atomic E-state index is -0.256. The van der Waals surface area contributed by atoms with E-state index < -0.39 is 0 Å². The quantitative estimate of drug-likeness (QED) is 0.650. The second-order valence-corrected chi connectivity index (χ2v) is 3.36. The zero-order valence-corrected chi connectivity index (χ0v) is 8.22. The van der Waals surface area contributed by atoms with E-state index in [4.69, 9.17) is 0 Å². The SMILES string of the molecule is CCCCc1ccc(CCF)cc1. The Balaban J connectivity index is 2.48. The van der Waals surface area contributed by atoms with E-state index in [0.717, 1.165) is 12.0 Å². The Hall–Kier alpha value is -0.850. The molecule has 0 spiro atoms. The number of halogens is 1. The maximum Gasteiger partial charge on any atom is 0.0934 e. The Morgan fingerprint density at radius 3 is 2.00 bits per heavy atom. The van der Waals surface area contributed by atoms with Gasteiger partial charge in [0.05, 0.1) is 6.67 Å². The number of hydrogen-bond donors (Lipinski definition) is 0. The van der Waals surface area contributed by atoms with Crippen molar-refractivity contribution in [3.05, 3.63) is 35.4 Å². The number of alkyl halides is 1. The molecule has 1 aromatic rings. The molecule has 0 saturated heterocycles. The summed E-state index contributed by atoms with van der Waals surface area (Å²) >= 11 is 0. The van der Waals surface area contributed by atoms with Crippen molar-refractivity contribution in [1.82, 2.24) is 0 Å². The largest absolute Gasteiger partial charge is 0.251 e. The number of aryl methyl sites for hydroxylation is 2. The van der Waals surface area contributed by atoms with Gasteiger partial charge in [-0.3, -0.25) is 4.39 Å². The Labute approximate surface area is 79.8 Å². The highest BCUT2D eigenvalue weighted by molar-refractivity contribution is 5.22. The third-order valence-electron chi connectivity index (χ3n) is 2.23. The summed E-state index contributed by atoms with van der Waals surface area (Å²) < 4.78 is 12.0. The van der Waals surface area contributed by atoms with Crippen LogP contribution in [0, 0.1) is 0 Å². The topological polar surface area (TPSA) is 0 Å². The number of benzene rings is 1. The molecule has 0 N–H and O–H groups in total. The molecule has 0 aromatic heterocycles. The summed E-state index contributed by atoms with van der Waals surface area (Å²) in [5.74, 6) is 0. The molecule has 0 saturated carbocycles. The van der Waals surface area contributed by atoms with Crippen LogP contribution in [-0.4, -0.2) is 6.67 Å². The maximum absolute atomic E-state index is 12.0. The highest BCUT2D eigenvalue weighted by Crippen LogP contribution is 2.08. The molecule has 1 aromatic carbocycles. The van der Waals surface area contributed by atoms with Crippen molar-refractivity contribution in [3.63, 3.8) is 0 Å². The van der Waals surface area contributed by atoms with E-state index in [1.807, 2.05) is 12.1 Å². The summed E-state index contributed by atoms with van der Waals surface area (Å²) in [6.45, 7) is 1.94. The molecular weight excluding hydrogens is 163 g/mol. The lowest BCUT2D eigenvalue weighted by Gasteiger charge is -2.01. The van der Waals surface area contributed by atoms with Gasteiger partial charge in [-0.2, -0.15) is 0 Å². The fraction of sp³-hybridized carbons (Fsp3) is 0.500. The molecule has 0 nitrogen and oxygen atoms in total. The van der Waals surface area contributed by atoms with Crippen LogP contribution in [0.4, 0.5) is 4.39 Å². The van der Waals surface area contributed by atoms with Gasteiger partial charge in [-0.1, -0.05) is 37.6 Å². The van der Waals surface area contributed by atoms with Crippen molar-refractivity contribution in [2.45, 2.75) is 32.6 Å². The van der Waals surface area contributed by atoms with Crippen molar-refractivity contribution >= 4 is 0 Å². The fourth-order valence-corrected chi connectivity index (χ4v) is 1.36. The van der Waals surface area contributed by atoms with Gasteiger partial charge in [0.1, 0.15) is 0 Å². The summed E-state index contributed by atoms with van der Waals surface area (Å²) in [4.78, 5) is 0. The highest BCUT2D eigenvalue weighted by atomic mass is 19.1. The summed E-state index contributed by atoms with van der Waals surface area (Å²) in [6.07, 6.45) is 4.16. The Morgan fingerprint density at radius 2 is 1.54 bits per heavy atom. The zero-order chi connectivity index (χ0) is 9.52. The molecule has 0 radical (unpaired) electrons. The van der Waals surface area contributed by atoms with Gasteiger partial charge < -0.3 is 0 Å². The molecule has 13 heavy (non-hydrogen) atoms. The third-order valence-corrected chi connectivity index (χ3v) is 2.23. The Bertz CT molecular complexity index is 225. The van der Waals surface area contributed by atoms with E-state index in [0.29, 0.717) is 6.42 Å². The summed E-state index contributed by atoms with van der Waals surface area (Å²) in [6, 6.07) is 8.29. The van der Waals surface area contributed by atoms with Gasteiger partial charge in [0.15, 0.2) is 0 Å². The molecule has 1 heteroatoms. The van der Waals surface area contributed by atoms with Crippen LogP contribution in [0.2, 0.25) is 0 Å². The maximum atomic E-state index is 12.0. The number of hydrogen-bond acceptors (Lipinski definition) is 0. The van der Waals surface area contributed by atoms with E-state index in [1.54, 1.807) is 0 Å². The van der Waals surface area contributed by atoms with Crippen molar-refractivity contribution < 1.29 is 4.39 Å². The van der Waals surface area contributed by atoms with E-state index in [1.165, 1.54) is 18.4 Å². The molecule has 0 aliphatic carbocycles. The fourth-order valence-electron chi connectivity index (χ4n) is 1.36. The first-order valence-electron chi connectivity index (χ1n) is 5.00. The molecule has 0 aliphatic rings. The number of unbranched alkanes of at least 4 members (excludes halogenated alkanes) is 1. The van der Waals surface area contributed by atoms with Crippen LogP contribution in [0.3, 0.4) is 0 Å². The molecule has 72 valence electrons. The van der Waals surface area contributed by atoms with Gasteiger partial charge in [0.2, 0.25) is 0 Å².